The molecule has 1 aromatic rings. The lowest BCUT2D eigenvalue weighted by molar-refractivity contribution is -0.149. The van der Waals surface area contributed by atoms with Gasteiger partial charge in [0.05, 0.1) is 5.92 Å². The van der Waals surface area contributed by atoms with Gasteiger partial charge in [0.1, 0.15) is 13.1 Å². The normalized spacial score (nSPS) is 11.7. The highest BCUT2D eigenvalue weighted by Gasteiger charge is 2.27. The van der Waals surface area contributed by atoms with Crippen molar-refractivity contribution < 1.29 is 24.6 Å². The van der Waals surface area contributed by atoms with Gasteiger partial charge in [-0.1, -0.05) is 30.3 Å². The minimum atomic E-state index is -1.27. The number of hydrogen-bond donors (Lipinski definition) is 3. The van der Waals surface area contributed by atoms with Crippen molar-refractivity contribution in [3.05, 3.63) is 35.9 Å². The van der Waals surface area contributed by atoms with E-state index in [0.29, 0.717) is 5.56 Å². The topological polar surface area (TPSA) is 121 Å². The molecule has 1 unspecified atom stereocenters. The number of nitrogens with zero attached hydrogens (tertiary/aromatic N) is 1. The molecule has 108 valence electrons. The van der Waals surface area contributed by atoms with E-state index < -0.39 is 36.9 Å². The second-order valence-corrected chi connectivity index (χ2v) is 4.18. The average molecular weight is 280 g/mol. The van der Waals surface area contributed by atoms with Gasteiger partial charge in [-0.15, -0.1) is 0 Å². The summed E-state index contributed by atoms with van der Waals surface area (Å²) in [4.78, 5) is 34.5. The summed E-state index contributed by atoms with van der Waals surface area (Å²) in [6, 6.07) is 8.60. The van der Waals surface area contributed by atoms with Gasteiger partial charge in [0.15, 0.2) is 0 Å². The molecule has 7 nitrogen and oxygen atoms in total. The van der Waals surface area contributed by atoms with Gasteiger partial charge in [0, 0.05) is 6.54 Å². The van der Waals surface area contributed by atoms with Crippen LogP contribution in [0.4, 0.5) is 0 Å². The highest BCUT2D eigenvalue weighted by atomic mass is 16.4. The summed E-state index contributed by atoms with van der Waals surface area (Å²) >= 11 is 0. The number of aliphatic carboxylic acids is 2. The third-order valence-electron chi connectivity index (χ3n) is 2.70. The molecule has 0 aliphatic heterocycles. The van der Waals surface area contributed by atoms with Gasteiger partial charge in [-0.05, 0) is 5.56 Å². The Bertz CT molecular complexity index is 473. The molecule has 1 atom stereocenters. The van der Waals surface area contributed by atoms with Gasteiger partial charge in [0.25, 0.3) is 0 Å². The molecule has 7 heteroatoms. The van der Waals surface area contributed by atoms with Gasteiger partial charge < -0.3 is 20.8 Å². The number of rotatable bonds is 7. The Kier molecular flexibility index (Phi) is 5.67. The molecule has 0 fully saturated rings. The Balaban J connectivity index is 2.96. The molecule has 0 heterocycles. The fraction of sp³-hybridized carbons (Fsp3) is 0.308. The maximum Gasteiger partial charge on any atom is 0.323 e. The van der Waals surface area contributed by atoms with Crippen molar-refractivity contribution in [2.75, 3.05) is 19.6 Å². The number of carboxylic acids is 2. The molecule has 0 aliphatic carbocycles. The molecule has 0 radical (unpaired) electrons. The highest BCUT2D eigenvalue weighted by molar-refractivity contribution is 5.89. The van der Waals surface area contributed by atoms with Crippen LogP contribution in [0, 0.1) is 0 Å². The van der Waals surface area contributed by atoms with Crippen molar-refractivity contribution in [3.63, 3.8) is 0 Å². The SMILES string of the molecule is NCC(C(=O)N(CC(=O)O)CC(=O)O)c1ccccc1. The van der Waals surface area contributed by atoms with E-state index in [1.54, 1.807) is 30.3 Å². The summed E-state index contributed by atoms with van der Waals surface area (Å²) in [5.41, 5.74) is 6.19. The van der Waals surface area contributed by atoms with Crippen LogP contribution in [0.3, 0.4) is 0 Å². The number of benzene rings is 1. The fourth-order valence-electron chi connectivity index (χ4n) is 1.82. The average Bonchev–Trinajstić information content (AvgIpc) is 2.39. The first-order valence-electron chi connectivity index (χ1n) is 5.93. The first-order chi connectivity index (χ1) is 9.45. The molecule has 0 aromatic heterocycles. The minimum absolute atomic E-state index is 0.0292. The summed E-state index contributed by atoms with van der Waals surface area (Å²) < 4.78 is 0. The maximum atomic E-state index is 12.3. The quantitative estimate of drug-likeness (QED) is 0.632. The predicted octanol–water partition coefficient (Wildman–Crippen LogP) is -0.273. The third-order valence-corrected chi connectivity index (χ3v) is 2.70. The van der Waals surface area contributed by atoms with Gasteiger partial charge in [-0.3, -0.25) is 14.4 Å². The predicted molar refractivity (Wildman–Crippen MR) is 70.1 cm³/mol. The monoisotopic (exact) mass is 280 g/mol. The maximum absolute atomic E-state index is 12.3. The number of hydrogen-bond acceptors (Lipinski definition) is 4. The Morgan fingerprint density at radius 3 is 1.95 bits per heavy atom. The van der Waals surface area contributed by atoms with Crippen LogP contribution in [-0.4, -0.2) is 52.6 Å². The van der Waals surface area contributed by atoms with E-state index >= 15 is 0 Å². The van der Waals surface area contributed by atoms with Crippen LogP contribution in [0.2, 0.25) is 0 Å². The summed E-state index contributed by atoms with van der Waals surface area (Å²) in [6.07, 6.45) is 0. The van der Waals surface area contributed by atoms with Crippen molar-refractivity contribution in [1.29, 1.82) is 0 Å². The van der Waals surface area contributed by atoms with Crippen LogP contribution in [0.5, 0.6) is 0 Å². The number of carbonyl (C=O) groups is 3. The van der Waals surface area contributed by atoms with Crippen molar-refractivity contribution in [1.82, 2.24) is 4.90 Å². The van der Waals surface area contributed by atoms with Crippen molar-refractivity contribution >= 4 is 17.8 Å². The molecule has 0 saturated carbocycles. The van der Waals surface area contributed by atoms with Crippen molar-refractivity contribution in [2.45, 2.75) is 5.92 Å². The Morgan fingerprint density at radius 1 is 1.05 bits per heavy atom. The highest BCUT2D eigenvalue weighted by Crippen LogP contribution is 2.17. The first-order valence-corrected chi connectivity index (χ1v) is 5.93. The molecule has 0 saturated heterocycles. The van der Waals surface area contributed by atoms with E-state index in [1.807, 2.05) is 0 Å². The molecule has 1 rings (SSSR count). The second-order valence-electron chi connectivity index (χ2n) is 4.18. The Hall–Kier alpha value is -2.41. The zero-order chi connectivity index (χ0) is 15.1. The van der Waals surface area contributed by atoms with E-state index in [4.69, 9.17) is 15.9 Å². The Labute approximate surface area is 115 Å². The molecular formula is C13H16N2O5. The standard InChI is InChI=1S/C13H16N2O5/c14-6-10(9-4-2-1-3-5-9)13(20)15(7-11(16)17)8-12(18)19/h1-5,10H,6-8,14H2,(H,16,17)(H,18,19). The summed E-state index contributed by atoms with van der Waals surface area (Å²) in [5.74, 6) is -3.91. The van der Waals surface area contributed by atoms with E-state index in [9.17, 15) is 14.4 Å². The molecule has 0 spiro atoms. The molecular weight excluding hydrogens is 264 g/mol. The number of nitrogens with two attached hydrogens (primary N) is 1. The molecule has 0 bridgehead atoms. The lowest BCUT2D eigenvalue weighted by Gasteiger charge is -2.24. The van der Waals surface area contributed by atoms with Gasteiger partial charge >= 0.3 is 11.9 Å². The lowest BCUT2D eigenvalue weighted by Crippen LogP contribution is -2.43. The third kappa shape index (κ3) is 4.36. The van der Waals surface area contributed by atoms with E-state index in [0.717, 1.165) is 4.90 Å². The number of carboxylic acid groups (broad SMARTS) is 2. The van der Waals surface area contributed by atoms with E-state index in [-0.39, 0.29) is 6.54 Å². The summed E-state index contributed by atoms with van der Waals surface area (Å²) in [5, 5.41) is 17.5. The molecule has 1 amide bonds. The second kappa shape index (κ2) is 7.25. The molecule has 20 heavy (non-hydrogen) atoms. The van der Waals surface area contributed by atoms with Crippen molar-refractivity contribution in [3.8, 4) is 0 Å². The fourth-order valence-corrected chi connectivity index (χ4v) is 1.82. The molecule has 4 N–H and O–H groups in total. The van der Waals surface area contributed by atoms with E-state index in [2.05, 4.69) is 0 Å². The lowest BCUT2D eigenvalue weighted by atomic mass is 9.97. The smallest absolute Gasteiger partial charge is 0.323 e. The Morgan fingerprint density at radius 2 is 1.55 bits per heavy atom. The largest absolute Gasteiger partial charge is 0.480 e. The number of carbonyl (C=O) groups excluding carboxylic acids is 1. The van der Waals surface area contributed by atoms with E-state index in [1.165, 1.54) is 0 Å². The van der Waals surface area contributed by atoms with Crippen LogP contribution >= 0.6 is 0 Å². The van der Waals surface area contributed by atoms with Crippen LogP contribution in [-0.2, 0) is 14.4 Å². The molecule has 1 aromatic carbocycles. The zero-order valence-corrected chi connectivity index (χ0v) is 10.7. The van der Waals surface area contributed by atoms with Gasteiger partial charge in [-0.2, -0.15) is 0 Å². The number of amides is 1. The summed E-state index contributed by atoms with van der Waals surface area (Å²) in [6.45, 7) is -1.37. The van der Waals surface area contributed by atoms with Crippen LogP contribution < -0.4 is 5.73 Å². The van der Waals surface area contributed by atoms with Crippen LogP contribution in [0.25, 0.3) is 0 Å². The first kappa shape index (κ1) is 15.6. The van der Waals surface area contributed by atoms with Gasteiger partial charge in [0.2, 0.25) is 5.91 Å². The van der Waals surface area contributed by atoms with Crippen LogP contribution in [0.1, 0.15) is 11.5 Å². The van der Waals surface area contributed by atoms with Crippen molar-refractivity contribution in [2.24, 2.45) is 5.73 Å². The van der Waals surface area contributed by atoms with Gasteiger partial charge in [-0.25, -0.2) is 0 Å². The molecule has 0 aliphatic rings. The summed E-state index contributed by atoms with van der Waals surface area (Å²) in [7, 11) is 0. The minimum Gasteiger partial charge on any atom is -0.480 e. The van der Waals surface area contributed by atoms with Crippen LogP contribution in [0.15, 0.2) is 30.3 Å². The zero-order valence-electron chi connectivity index (χ0n) is 10.7.